The predicted molar refractivity (Wildman–Crippen MR) is 96.9 cm³/mol. The summed E-state index contributed by atoms with van der Waals surface area (Å²) in [4.78, 5) is 22.7. The van der Waals surface area contributed by atoms with Gasteiger partial charge in [-0.05, 0) is 40.5 Å². The van der Waals surface area contributed by atoms with Gasteiger partial charge in [0, 0.05) is 18.9 Å². The van der Waals surface area contributed by atoms with E-state index in [1.807, 2.05) is 24.3 Å². The van der Waals surface area contributed by atoms with E-state index in [1.54, 1.807) is 0 Å². The van der Waals surface area contributed by atoms with Crippen molar-refractivity contribution in [3.63, 3.8) is 0 Å². The molecular weight excluding hydrogens is 330 g/mol. The maximum atomic E-state index is 12.0. The molecule has 1 amide bonds. The molecular formula is C21H21NO4. The molecule has 5 nitrogen and oxygen atoms in total. The smallest absolute Gasteiger partial charge is 0.407 e. The first kappa shape index (κ1) is 16.6. The molecule has 2 aliphatic rings. The Hall–Kier alpha value is -2.82. The first-order chi connectivity index (χ1) is 12.6. The molecule has 4 rings (SSSR count). The maximum absolute atomic E-state index is 12.0. The molecule has 0 heterocycles. The predicted octanol–water partition coefficient (Wildman–Crippen LogP) is 3.64. The van der Waals surface area contributed by atoms with Gasteiger partial charge in [-0.2, -0.15) is 0 Å². The van der Waals surface area contributed by atoms with Crippen LogP contribution in [0.3, 0.4) is 0 Å². The Bertz CT molecular complexity index is 802. The topological polar surface area (TPSA) is 75.6 Å². The molecule has 0 unspecified atom stereocenters. The monoisotopic (exact) mass is 351 g/mol. The summed E-state index contributed by atoms with van der Waals surface area (Å²) in [5.74, 6) is -0.291. The highest BCUT2D eigenvalue weighted by molar-refractivity contribution is 5.79. The number of hydrogen-bond donors (Lipinski definition) is 2. The second-order valence-electron chi connectivity index (χ2n) is 7.06. The zero-order chi connectivity index (χ0) is 18.1. The first-order valence-electron chi connectivity index (χ1n) is 8.94. The van der Waals surface area contributed by atoms with Crippen LogP contribution in [0.25, 0.3) is 11.1 Å². The number of benzene rings is 2. The van der Waals surface area contributed by atoms with Gasteiger partial charge in [-0.1, -0.05) is 48.5 Å². The molecule has 134 valence electrons. The second kappa shape index (κ2) is 6.83. The minimum absolute atomic E-state index is 0.0498. The van der Waals surface area contributed by atoms with Gasteiger partial charge < -0.3 is 15.2 Å². The van der Waals surface area contributed by atoms with E-state index >= 15 is 0 Å². The molecule has 1 fully saturated rings. The third-order valence-corrected chi connectivity index (χ3v) is 5.36. The van der Waals surface area contributed by atoms with Crippen molar-refractivity contribution < 1.29 is 19.4 Å². The number of hydrogen-bond acceptors (Lipinski definition) is 3. The number of nitrogens with one attached hydrogen (secondary N) is 1. The highest BCUT2D eigenvalue weighted by Gasteiger charge is 2.38. The molecule has 0 bridgehead atoms. The summed E-state index contributed by atoms with van der Waals surface area (Å²) in [6.07, 6.45) is 0.598. The van der Waals surface area contributed by atoms with Crippen LogP contribution in [0.15, 0.2) is 48.5 Å². The number of carbonyl (C=O) groups is 2. The quantitative estimate of drug-likeness (QED) is 0.833. The number of carboxylic acid groups (broad SMARTS) is 1. The van der Waals surface area contributed by atoms with Crippen molar-refractivity contribution in [3.8, 4) is 11.1 Å². The van der Waals surface area contributed by atoms with Crippen LogP contribution in [0.1, 0.15) is 29.9 Å². The lowest BCUT2D eigenvalue weighted by Gasteiger charge is -2.14. The second-order valence-corrected chi connectivity index (χ2v) is 7.06. The molecule has 1 saturated carbocycles. The van der Waals surface area contributed by atoms with Gasteiger partial charge in [0.25, 0.3) is 0 Å². The van der Waals surface area contributed by atoms with Gasteiger partial charge in [0.2, 0.25) is 0 Å². The third kappa shape index (κ3) is 3.29. The van der Waals surface area contributed by atoms with Crippen LogP contribution in [0.5, 0.6) is 0 Å². The molecule has 0 spiro atoms. The van der Waals surface area contributed by atoms with E-state index in [-0.39, 0.29) is 24.2 Å². The number of carboxylic acids is 1. The third-order valence-electron chi connectivity index (χ3n) is 5.36. The lowest BCUT2D eigenvalue weighted by molar-refractivity contribution is -0.137. The molecule has 0 aliphatic heterocycles. The standard InChI is InChI=1S/C21H21NO4/c23-20(24)10-13-9-14(13)11-22-21(25)26-12-19-17-7-3-1-5-15(17)16-6-2-4-8-18(16)19/h1-8,13-14,19H,9-12H2,(H,22,25)(H,23,24)/t13-,14-/m0/s1. The zero-order valence-corrected chi connectivity index (χ0v) is 14.4. The van der Waals surface area contributed by atoms with Gasteiger partial charge in [0.05, 0.1) is 0 Å². The average Bonchev–Trinajstić information content (AvgIpc) is 3.29. The molecule has 0 radical (unpaired) electrons. The molecule has 5 heteroatoms. The summed E-state index contributed by atoms with van der Waals surface area (Å²) >= 11 is 0. The van der Waals surface area contributed by atoms with E-state index in [1.165, 1.54) is 22.3 Å². The first-order valence-corrected chi connectivity index (χ1v) is 8.94. The Morgan fingerprint density at radius 1 is 1.00 bits per heavy atom. The van der Waals surface area contributed by atoms with Crippen LogP contribution in [0.2, 0.25) is 0 Å². The SMILES string of the molecule is O=C(O)C[C@@H]1C[C@H]1CNC(=O)OCC1c2ccccc2-c2ccccc21. The number of carbonyl (C=O) groups excluding carboxylic acids is 1. The molecule has 2 aliphatic carbocycles. The van der Waals surface area contributed by atoms with Crippen molar-refractivity contribution in [2.45, 2.75) is 18.8 Å². The van der Waals surface area contributed by atoms with Crippen molar-refractivity contribution >= 4 is 12.1 Å². The molecule has 0 aromatic heterocycles. The van der Waals surface area contributed by atoms with Gasteiger partial charge in [-0.15, -0.1) is 0 Å². The number of alkyl carbamates (subject to hydrolysis) is 1. The van der Waals surface area contributed by atoms with E-state index in [2.05, 4.69) is 29.6 Å². The molecule has 2 atom stereocenters. The molecule has 0 saturated heterocycles. The van der Waals surface area contributed by atoms with E-state index in [0.717, 1.165) is 6.42 Å². The van der Waals surface area contributed by atoms with Crippen LogP contribution in [0, 0.1) is 11.8 Å². The van der Waals surface area contributed by atoms with Crippen molar-refractivity contribution in [2.24, 2.45) is 11.8 Å². The number of amides is 1. The van der Waals surface area contributed by atoms with Gasteiger partial charge in [0.1, 0.15) is 6.61 Å². The van der Waals surface area contributed by atoms with Crippen molar-refractivity contribution in [1.82, 2.24) is 5.32 Å². The van der Waals surface area contributed by atoms with Crippen molar-refractivity contribution in [3.05, 3.63) is 59.7 Å². The maximum Gasteiger partial charge on any atom is 0.407 e. The van der Waals surface area contributed by atoms with Crippen LogP contribution in [0.4, 0.5) is 4.79 Å². The van der Waals surface area contributed by atoms with E-state index < -0.39 is 12.1 Å². The Kier molecular flexibility index (Phi) is 4.37. The summed E-state index contributed by atoms with van der Waals surface area (Å²) in [6.45, 7) is 0.775. The lowest BCUT2D eigenvalue weighted by atomic mass is 9.98. The fraction of sp³-hybridized carbons (Fsp3) is 0.333. The fourth-order valence-electron chi connectivity index (χ4n) is 3.90. The molecule has 26 heavy (non-hydrogen) atoms. The van der Waals surface area contributed by atoms with Crippen LogP contribution >= 0.6 is 0 Å². The van der Waals surface area contributed by atoms with Gasteiger partial charge in [-0.25, -0.2) is 4.79 Å². The summed E-state index contributed by atoms with van der Waals surface area (Å²) in [5, 5.41) is 11.5. The number of ether oxygens (including phenoxy) is 1. The summed E-state index contributed by atoms with van der Waals surface area (Å²) in [5.41, 5.74) is 4.77. The zero-order valence-electron chi connectivity index (χ0n) is 14.4. The Balaban J connectivity index is 1.34. The highest BCUT2D eigenvalue weighted by atomic mass is 16.5. The van der Waals surface area contributed by atoms with Crippen LogP contribution in [-0.4, -0.2) is 30.3 Å². The Morgan fingerprint density at radius 2 is 1.62 bits per heavy atom. The normalized spacial score (nSPS) is 20.2. The largest absolute Gasteiger partial charge is 0.481 e. The molecule has 2 N–H and O–H groups in total. The summed E-state index contributed by atoms with van der Waals surface area (Å²) < 4.78 is 5.47. The van der Waals surface area contributed by atoms with Crippen molar-refractivity contribution in [1.29, 1.82) is 0 Å². The summed E-state index contributed by atoms with van der Waals surface area (Å²) in [7, 11) is 0. The Morgan fingerprint density at radius 3 is 2.23 bits per heavy atom. The minimum Gasteiger partial charge on any atom is -0.481 e. The average molecular weight is 351 g/mol. The van der Waals surface area contributed by atoms with Crippen LogP contribution < -0.4 is 5.32 Å². The lowest BCUT2D eigenvalue weighted by Crippen LogP contribution is -2.28. The molecule has 2 aromatic carbocycles. The van der Waals surface area contributed by atoms with Gasteiger partial charge in [-0.3, -0.25) is 4.79 Å². The minimum atomic E-state index is -0.779. The fourth-order valence-corrected chi connectivity index (χ4v) is 3.90. The summed E-state index contributed by atoms with van der Waals surface area (Å²) in [6, 6.07) is 16.4. The number of fused-ring (bicyclic) bond motifs is 3. The molecule has 2 aromatic rings. The van der Waals surface area contributed by atoms with Crippen LogP contribution in [-0.2, 0) is 9.53 Å². The Labute approximate surface area is 152 Å². The highest BCUT2D eigenvalue weighted by Crippen LogP contribution is 2.44. The number of aliphatic carboxylic acids is 1. The van der Waals surface area contributed by atoms with Crippen molar-refractivity contribution in [2.75, 3.05) is 13.2 Å². The number of rotatable bonds is 6. The van der Waals surface area contributed by atoms with E-state index in [9.17, 15) is 9.59 Å². The van der Waals surface area contributed by atoms with E-state index in [4.69, 9.17) is 9.84 Å². The van der Waals surface area contributed by atoms with Gasteiger partial charge in [0.15, 0.2) is 0 Å². The van der Waals surface area contributed by atoms with E-state index in [0.29, 0.717) is 13.2 Å². The van der Waals surface area contributed by atoms with Gasteiger partial charge >= 0.3 is 12.1 Å².